The molecule has 4 aromatic rings. The molecule has 1 amide bonds. The number of aryl methyl sites for hydroxylation is 2. The molecule has 0 unspecified atom stereocenters. The van der Waals surface area contributed by atoms with Crippen LogP contribution in [0, 0.1) is 32.6 Å². The predicted molar refractivity (Wildman–Crippen MR) is 180 cm³/mol. The van der Waals surface area contributed by atoms with Gasteiger partial charge >= 0.3 is 0 Å². The van der Waals surface area contributed by atoms with Crippen LogP contribution in [0.25, 0.3) is 0 Å². The number of nitrogens with zero attached hydrogens (tertiary/aromatic N) is 4. The van der Waals surface area contributed by atoms with Gasteiger partial charge in [0, 0.05) is 37.8 Å². The smallest absolute Gasteiger partial charge is 0.230 e. The van der Waals surface area contributed by atoms with Gasteiger partial charge in [0.15, 0.2) is 0 Å². The van der Waals surface area contributed by atoms with Gasteiger partial charge in [-0.05, 0) is 99.2 Å². The maximum Gasteiger partial charge on any atom is 0.230 e. The van der Waals surface area contributed by atoms with E-state index >= 15 is 0 Å². The largest absolute Gasteiger partial charge is 0.354 e. The highest BCUT2D eigenvalue weighted by atomic mass is 16.2. The van der Waals surface area contributed by atoms with Gasteiger partial charge in [-0.25, -0.2) is 0 Å². The highest BCUT2D eigenvalue weighted by Gasteiger charge is 2.29. The zero-order valence-corrected chi connectivity index (χ0v) is 26.4. The van der Waals surface area contributed by atoms with Crippen molar-refractivity contribution in [1.29, 1.82) is 0 Å². The summed E-state index contributed by atoms with van der Waals surface area (Å²) in [5, 5.41) is 10.3. The molecule has 3 N–H and O–H groups in total. The van der Waals surface area contributed by atoms with Crippen molar-refractivity contribution in [3.05, 3.63) is 101 Å². The van der Waals surface area contributed by atoms with Crippen LogP contribution in [0.5, 0.6) is 0 Å². The predicted octanol–water partition coefficient (Wildman–Crippen LogP) is 7.29. The van der Waals surface area contributed by atoms with Crippen molar-refractivity contribution in [3.63, 3.8) is 0 Å². The van der Waals surface area contributed by atoms with E-state index in [1.165, 1.54) is 22.3 Å². The molecule has 8 heteroatoms. The van der Waals surface area contributed by atoms with Crippen LogP contribution >= 0.6 is 0 Å². The van der Waals surface area contributed by atoms with Crippen LogP contribution < -0.4 is 20.9 Å². The van der Waals surface area contributed by atoms with Gasteiger partial charge in [-0.15, -0.1) is 0 Å². The lowest BCUT2D eigenvalue weighted by atomic mass is 9.81. The van der Waals surface area contributed by atoms with Gasteiger partial charge < -0.3 is 20.9 Å². The van der Waals surface area contributed by atoms with Crippen LogP contribution in [0.15, 0.2) is 72.8 Å². The van der Waals surface area contributed by atoms with Gasteiger partial charge in [-0.2, -0.15) is 15.0 Å². The van der Waals surface area contributed by atoms with Crippen molar-refractivity contribution in [2.45, 2.75) is 66.5 Å². The molecule has 230 valence electrons. The first-order valence-electron chi connectivity index (χ1n) is 15.8. The third kappa shape index (κ3) is 8.13. The highest BCUT2D eigenvalue weighted by molar-refractivity contribution is 5.95. The molecule has 0 saturated heterocycles. The monoisotopic (exact) mass is 591 g/mol. The van der Waals surface area contributed by atoms with E-state index in [0.29, 0.717) is 43.4 Å². The molecule has 1 aromatic heterocycles. The van der Waals surface area contributed by atoms with Crippen LogP contribution in [0.3, 0.4) is 0 Å². The first kappa shape index (κ1) is 31.0. The maximum atomic E-state index is 13.4. The Bertz CT molecular complexity index is 1530. The molecule has 3 aromatic carbocycles. The standard InChI is InChI=1S/C36H45N7O/c1-5-43(32-16-9-11-25(2)21-32)33(44)30-19-17-29(18-20-30)23-38-35-40-34(37-22-28-13-7-6-8-14-28)41-36(42-35)39-24-31-15-10-12-26(3)27(31)4/h6-16,21,29-30H,5,17-20,22-24H2,1-4H3,(H3,37,38,39,40,41,42)/t29-,30-. The molecule has 0 bridgehead atoms. The molecule has 0 atom stereocenters. The van der Waals surface area contributed by atoms with Crippen molar-refractivity contribution in [2.75, 3.05) is 33.9 Å². The summed E-state index contributed by atoms with van der Waals surface area (Å²) in [4.78, 5) is 29.5. The van der Waals surface area contributed by atoms with E-state index in [1.807, 2.05) is 35.2 Å². The average Bonchev–Trinajstić information content (AvgIpc) is 3.04. The minimum absolute atomic E-state index is 0.0681. The molecule has 1 heterocycles. The Morgan fingerprint density at radius 3 is 2.11 bits per heavy atom. The summed E-state index contributed by atoms with van der Waals surface area (Å²) in [5.41, 5.74) is 7.07. The average molecular weight is 592 g/mol. The van der Waals surface area contributed by atoms with Crippen molar-refractivity contribution < 1.29 is 4.79 Å². The lowest BCUT2D eigenvalue weighted by Crippen LogP contribution is -2.38. The van der Waals surface area contributed by atoms with Crippen molar-refractivity contribution in [2.24, 2.45) is 11.8 Å². The van der Waals surface area contributed by atoms with Crippen LogP contribution in [-0.2, 0) is 17.9 Å². The van der Waals surface area contributed by atoms with Crippen molar-refractivity contribution >= 4 is 29.4 Å². The first-order chi connectivity index (χ1) is 21.4. The number of benzene rings is 3. The second-order valence-corrected chi connectivity index (χ2v) is 11.9. The Kier molecular flexibility index (Phi) is 10.4. The van der Waals surface area contributed by atoms with E-state index in [0.717, 1.165) is 43.5 Å². The Morgan fingerprint density at radius 1 is 0.773 bits per heavy atom. The molecule has 8 nitrogen and oxygen atoms in total. The molecular formula is C36H45N7O. The Labute approximate surface area is 261 Å². The molecule has 0 spiro atoms. The Hall–Kier alpha value is -4.46. The fraction of sp³-hybridized carbons (Fsp3) is 0.389. The SMILES string of the molecule is CCN(c1cccc(C)c1)C(=O)[C@H]1CC[C@H](CNc2nc(NCc3ccccc3)nc(NCc3cccc(C)c3C)n2)CC1. The van der Waals surface area contributed by atoms with E-state index < -0.39 is 0 Å². The van der Waals surface area contributed by atoms with E-state index in [4.69, 9.17) is 9.97 Å². The zero-order chi connectivity index (χ0) is 30.9. The molecule has 0 radical (unpaired) electrons. The second-order valence-electron chi connectivity index (χ2n) is 11.9. The molecule has 0 aliphatic heterocycles. The van der Waals surface area contributed by atoms with Gasteiger partial charge in [0.1, 0.15) is 0 Å². The number of carbonyl (C=O) groups is 1. The summed E-state index contributed by atoms with van der Waals surface area (Å²) in [6.07, 6.45) is 3.79. The fourth-order valence-corrected chi connectivity index (χ4v) is 5.90. The number of anilines is 4. The zero-order valence-electron chi connectivity index (χ0n) is 26.4. The number of carbonyl (C=O) groups excluding carboxylic acids is 1. The number of hydrogen-bond acceptors (Lipinski definition) is 7. The first-order valence-corrected chi connectivity index (χ1v) is 15.8. The minimum Gasteiger partial charge on any atom is -0.354 e. The summed E-state index contributed by atoms with van der Waals surface area (Å²) in [5.74, 6) is 2.38. The normalized spacial score (nSPS) is 16.3. The summed E-state index contributed by atoms with van der Waals surface area (Å²) in [6, 6.07) is 24.8. The van der Waals surface area contributed by atoms with Gasteiger partial charge in [-0.1, -0.05) is 60.7 Å². The minimum atomic E-state index is 0.0681. The molecule has 5 rings (SSSR count). The fourth-order valence-electron chi connectivity index (χ4n) is 5.90. The van der Waals surface area contributed by atoms with E-state index in [1.54, 1.807) is 0 Å². The molecule has 44 heavy (non-hydrogen) atoms. The van der Waals surface area contributed by atoms with Crippen LogP contribution in [0.4, 0.5) is 23.5 Å². The van der Waals surface area contributed by atoms with Gasteiger partial charge in [0.2, 0.25) is 23.8 Å². The summed E-state index contributed by atoms with van der Waals surface area (Å²) < 4.78 is 0. The van der Waals surface area contributed by atoms with Crippen LogP contribution in [-0.4, -0.2) is 33.9 Å². The van der Waals surface area contributed by atoms with Crippen molar-refractivity contribution in [3.8, 4) is 0 Å². The maximum absolute atomic E-state index is 13.4. The molecular weight excluding hydrogens is 546 g/mol. The van der Waals surface area contributed by atoms with E-state index in [2.05, 4.69) is 91.1 Å². The summed E-state index contributed by atoms with van der Waals surface area (Å²) in [7, 11) is 0. The third-order valence-electron chi connectivity index (χ3n) is 8.72. The van der Waals surface area contributed by atoms with E-state index in [9.17, 15) is 4.79 Å². The van der Waals surface area contributed by atoms with Gasteiger partial charge in [0.05, 0.1) is 0 Å². The summed E-state index contributed by atoms with van der Waals surface area (Å²) in [6.45, 7) is 11.1. The van der Waals surface area contributed by atoms with Gasteiger partial charge in [0.25, 0.3) is 0 Å². The number of amides is 1. The number of nitrogens with one attached hydrogen (secondary N) is 3. The van der Waals surface area contributed by atoms with Crippen molar-refractivity contribution in [1.82, 2.24) is 15.0 Å². The lowest BCUT2D eigenvalue weighted by molar-refractivity contribution is -0.123. The Balaban J connectivity index is 1.21. The van der Waals surface area contributed by atoms with E-state index in [-0.39, 0.29) is 11.8 Å². The number of aromatic nitrogens is 3. The molecule has 1 aliphatic carbocycles. The number of hydrogen-bond donors (Lipinski definition) is 3. The topological polar surface area (TPSA) is 95.1 Å². The van der Waals surface area contributed by atoms with Crippen LogP contribution in [0.1, 0.15) is 60.4 Å². The lowest BCUT2D eigenvalue weighted by Gasteiger charge is -2.32. The quantitative estimate of drug-likeness (QED) is 0.159. The molecule has 1 saturated carbocycles. The van der Waals surface area contributed by atoms with Crippen LogP contribution in [0.2, 0.25) is 0 Å². The van der Waals surface area contributed by atoms with Gasteiger partial charge in [-0.3, -0.25) is 4.79 Å². The Morgan fingerprint density at radius 2 is 1.43 bits per heavy atom. The third-order valence-corrected chi connectivity index (χ3v) is 8.72. The number of rotatable bonds is 12. The second kappa shape index (κ2) is 14.8. The highest BCUT2D eigenvalue weighted by Crippen LogP contribution is 2.32. The molecule has 1 aliphatic rings. The molecule has 1 fully saturated rings. The summed E-state index contributed by atoms with van der Waals surface area (Å²) >= 11 is 0.